The van der Waals surface area contributed by atoms with Gasteiger partial charge in [-0.3, -0.25) is 4.79 Å². The molecule has 2 aliphatic rings. The van der Waals surface area contributed by atoms with Crippen molar-refractivity contribution in [1.29, 1.82) is 0 Å². The Hall–Kier alpha value is -1.00. The van der Waals surface area contributed by atoms with Gasteiger partial charge in [0.25, 0.3) is 5.91 Å². The maximum atomic E-state index is 12.3. The highest BCUT2D eigenvalue weighted by Gasteiger charge is 2.33. The van der Waals surface area contributed by atoms with Gasteiger partial charge in [-0.15, -0.1) is 0 Å². The van der Waals surface area contributed by atoms with Crippen molar-refractivity contribution < 1.29 is 4.79 Å². The minimum Gasteiger partial charge on any atom is -0.349 e. The Morgan fingerprint density at radius 2 is 1.90 bits per heavy atom. The van der Waals surface area contributed by atoms with Crippen LogP contribution >= 0.6 is 11.8 Å². The number of piperidine rings is 1. The van der Waals surface area contributed by atoms with Crippen LogP contribution < -0.4 is 10.6 Å². The molecule has 0 radical (unpaired) electrons. The lowest BCUT2D eigenvalue weighted by atomic mass is 9.99. The number of hydrogen-bond donors (Lipinski definition) is 2. The first-order chi connectivity index (χ1) is 10.2. The molecule has 114 valence electrons. The van der Waals surface area contributed by atoms with E-state index < -0.39 is 0 Å². The molecule has 0 saturated carbocycles. The molecule has 1 aromatic rings. The molecular weight excluding hydrogens is 280 g/mol. The molecule has 2 aliphatic heterocycles. The summed E-state index contributed by atoms with van der Waals surface area (Å²) < 4.78 is 0. The fourth-order valence-corrected chi connectivity index (χ4v) is 4.05. The second kappa shape index (κ2) is 6.84. The molecule has 1 aromatic carbocycles. The summed E-state index contributed by atoms with van der Waals surface area (Å²) in [6.45, 7) is 2.17. The molecular formula is C17H24N2OS. The van der Waals surface area contributed by atoms with E-state index in [1.54, 1.807) is 0 Å². The third-order valence-electron chi connectivity index (χ3n) is 4.50. The first kappa shape index (κ1) is 14.9. The highest BCUT2D eigenvalue weighted by Crippen LogP contribution is 2.27. The Bertz CT molecular complexity index is 476. The van der Waals surface area contributed by atoms with Gasteiger partial charge in [0.05, 0.1) is 0 Å². The van der Waals surface area contributed by atoms with Crippen LogP contribution in [0.1, 0.15) is 48.5 Å². The Balaban J connectivity index is 1.55. The van der Waals surface area contributed by atoms with Crippen molar-refractivity contribution in [2.24, 2.45) is 0 Å². The van der Waals surface area contributed by atoms with E-state index in [4.69, 9.17) is 0 Å². The van der Waals surface area contributed by atoms with E-state index in [2.05, 4.69) is 29.7 Å². The van der Waals surface area contributed by atoms with Crippen molar-refractivity contribution in [2.75, 3.05) is 5.75 Å². The minimum atomic E-state index is 0.0796. The second-order valence-corrected chi connectivity index (χ2v) is 7.39. The van der Waals surface area contributed by atoms with Crippen molar-refractivity contribution >= 4 is 17.7 Å². The summed E-state index contributed by atoms with van der Waals surface area (Å²) in [6, 6.07) is 9.62. The van der Waals surface area contributed by atoms with Gasteiger partial charge in [-0.2, -0.15) is 11.8 Å². The standard InChI is InChI=1S/C17H24N2OS/c1-2-21-11-12-3-5-13(6-4-12)17(20)19-16-9-14-7-8-15(10-16)18-14/h3-6,14-16,18H,2,7-11H2,1H3,(H,19,20). The lowest BCUT2D eigenvalue weighted by Crippen LogP contribution is -2.48. The Morgan fingerprint density at radius 1 is 1.24 bits per heavy atom. The van der Waals surface area contributed by atoms with Crippen molar-refractivity contribution in [3.63, 3.8) is 0 Å². The van der Waals surface area contributed by atoms with E-state index in [0.717, 1.165) is 29.9 Å². The van der Waals surface area contributed by atoms with Gasteiger partial charge in [-0.1, -0.05) is 19.1 Å². The largest absolute Gasteiger partial charge is 0.349 e. The molecule has 2 bridgehead atoms. The third-order valence-corrected chi connectivity index (χ3v) is 5.44. The van der Waals surface area contributed by atoms with Crippen LogP contribution in [0.3, 0.4) is 0 Å². The monoisotopic (exact) mass is 304 g/mol. The quantitative estimate of drug-likeness (QED) is 0.879. The van der Waals surface area contributed by atoms with Gasteiger partial charge in [0.2, 0.25) is 0 Å². The first-order valence-corrected chi connectivity index (χ1v) is 9.13. The van der Waals surface area contributed by atoms with Gasteiger partial charge in [-0.25, -0.2) is 0 Å². The van der Waals surface area contributed by atoms with Crippen molar-refractivity contribution in [3.8, 4) is 0 Å². The van der Waals surface area contributed by atoms with Crippen LogP contribution in [0.4, 0.5) is 0 Å². The van der Waals surface area contributed by atoms with E-state index in [9.17, 15) is 4.79 Å². The van der Waals surface area contributed by atoms with Crippen LogP contribution in [0.5, 0.6) is 0 Å². The second-order valence-electron chi connectivity index (χ2n) is 6.11. The number of hydrogen-bond acceptors (Lipinski definition) is 3. The number of thioether (sulfide) groups is 1. The summed E-state index contributed by atoms with van der Waals surface area (Å²) in [5.41, 5.74) is 2.07. The van der Waals surface area contributed by atoms with Gasteiger partial charge in [-0.05, 0) is 49.1 Å². The van der Waals surface area contributed by atoms with E-state index in [0.29, 0.717) is 18.1 Å². The number of rotatable bonds is 5. The molecule has 1 amide bonds. The predicted octanol–water partition coefficient (Wildman–Crippen LogP) is 2.95. The molecule has 21 heavy (non-hydrogen) atoms. The fraction of sp³-hybridized carbons (Fsp3) is 0.588. The average Bonchev–Trinajstić information content (AvgIpc) is 2.84. The van der Waals surface area contributed by atoms with Crippen LogP contribution in [0.15, 0.2) is 24.3 Å². The predicted molar refractivity (Wildman–Crippen MR) is 88.7 cm³/mol. The van der Waals surface area contributed by atoms with E-state index in [-0.39, 0.29) is 5.91 Å². The van der Waals surface area contributed by atoms with Crippen molar-refractivity contribution in [3.05, 3.63) is 35.4 Å². The molecule has 2 unspecified atom stereocenters. The summed E-state index contributed by atoms with van der Waals surface area (Å²) in [7, 11) is 0. The zero-order valence-corrected chi connectivity index (χ0v) is 13.4. The van der Waals surface area contributed by atoms with Crippen LogP contribution in [0.25, 0.3) is 0 Å². The van der Waals surface area contributed by atoms with E-state index in [1.165, 1.54) is 18.4 Å². The topological polar surface area (TPSA) is 41.1 Å². The van der Waals surface area contributed by atoms with Gasteiger partial charge in [0.15, 0.2) is 0 Å². The Labute approximate surface area is 131 Å². The summed E-state index contributed by atoms with van der Waals surface area (Å²) in [6.07, 6.45) is 4.68. The summed E-state index contributed by atoms with van der Waals surface area (Å²) in [4.78, 5) is 12.3. The fourth-order valence-electron chi connectivity index (χ4n) is 3.42. The van der Waals surface area contributed by atoms with Gasteiger partial charge < -0.3 is 10.6 Å². The van der Waals surface area contributed by atoms with Crippen LogP contribution in [0.2, 0.25) is 0 Å². The molecule has 0 aromatic heterocycles. The molecule has 2 fully saturated rings. The SMILES string of the molecule is CCSCc1ccc(C(=O)NC2CC3CCC(C2)N3)cc1. The molecule has 4 heteroatoms. The maximum Gasteiger partial charge on any atom is 0.251 e. The lowest BCUT2D eigenvalue weighted by molar-refractivity contribution is 0.0924. The van der Waals surface area contributed by atoms with E-state index in [1.807, 2.05) is 23.9 Å². The van der Waals surface area contributed by atoms with Crippen LogP contribution in [-0.2, 0) is 5.75 Å². The lowest BCUT2D eigenvalue weighted by Gasteiger charge is -2.29. The summed E-state index contributed by atoms with van der Waals surface area (Å²) >= 11 is 1.90. The Kier molecular flexibility index (Phi) is 4.86. The van der Waals surface area contributed by atoms with Crippen LogP contribution in [0, 0.1) is 0 Å². The molecule has 2 saturated heterocycles. The number of benzene rings is 1. The number of amides is 1. The minimum absolute atomic E-state index is 0.0796. The zero-order valence-electron chi connectivity index (χ0n) is 12.6. The summed E-state index contributed by atoms with van der Waals surface area (Å²) in [5, 5.41) is 6.82. The highest BCUT2D eigenvalue weighted by molar-refractivity contribution is 7.98. The maximum absolute atomic E-state index is 12.3. The Morgan fingerprint density at radius 3 is 2.52 bits per heavy atom. The zero-order chi connectivity index (χ0) is 14.7. The van der Waals surface area contributed by atoms with Crippen molar-refractivity contribution in [2.45, 2.75) is 56.5 Å². The third kappa shape index (κ3) is 3.80. The number of fused-ring (bicyclic) bond motifs is 2. The molecule has 3 nitrogen and oxygen atoms in total. The van der Waals surface area contributed by atoms with Gasteiger partial charge in [0, 0.05) is 29.4 Å². The smallest absolute Gasteiger partial charge is 0.251 e. The normalized spacial score (nSPS) is 27.6. The van der Waals surface area contributed by atoms with Gasteiger partial charge in [0.1, 0.15) is 0 Å². The first-order valence-electron chi connectivity index (χ1n) is 7.98. The number of carbonyl (C=O) groups is 1. The number of nitrogens with one attached hydrogen (secondary N) is 2. The number of carbonyl (C=O) groups excluding carboxylic acids is 1. The molecule has 0 aliphatic carbocycles. The molecule has 3 rings (SSSR count). The molecule has 2 atom stereocenters. The molecule has 0 spiro atoms. The highest BCUT2D eigenvalue weighted by atomic mass is 32.2. The van der Waals surface area contributed by atoms with Crippen LogP contribution in [-0.4, -0.2) is 29.8 Å². The molecule has 2 heterocycles. The average molecular weight is 304 g/mol. The molecule has 2 N–H and O–H groups in total. The van der Waals surface area contributed by atoms with E-state index >= 15 is 0 Å². The summed E-state index contributed by atoms with van der Waals surface area (Å²) in [5.74, 6) is 2.23. The van der Waals surface area contributed by atoms with Crippen molar-refractivity contribution in [1.82, 2.24) is 10.6 Å². The van der Waals surface area contributed by atoms with Gasteiger partial charge >= 0.3 is 0 Å².